The summed E-state index contributed by atoms with van der Waals surface area (Å²) < 4.78 is 26.4. The summed E-state index contributed by atoms with van der Waals surface area (Å²) in [5.74, 6) is -0.378. The van der Waals surface area contributed by atoms with Crippen molar-refractivity contribution in [2.45, 2.75) is 11.4 Å². The molecule has 0 saturated heterocycles. The number of hydrogen-bond donors (Lipinski definition) is 1. The van der Waals surface area contributed by atoms with Crippen LogP contribution in [0.3, 0.4) is 0 Å². The SMILES string of the molecule is CSCCN(C)S(=O)(=O)c1cnn(CC(=O)O)c1. The first-order valence-electron chi connectivity index (χ1n) is 5.07. The number of carboxylic acids is 1. The van der Waals surface area contributed by atoms with E-state index in [4.69, 9.17) is 5.11 Å². The average Bonchev–Trinajstić information content (AvgIpc) is 2.73. The van der Waals surface area contributed by atoms with Crippen molar-refractivity contribution in [1.82, 2.24) is 14.1 Å². The summed E-state index contributed by atoms with van der Waals surface area (Å²) in [6.07, 6.45) is 4.28. The molecule has 0 fully saturated rings. The van der Waals surface area contributed by atoms with Gasteiger partial charge in [-0.2, -0.15) is 16.9 Å². The smallest absolute Gasteiger partial charge is 0.325 e. The fraction of sp³-hybridized carbons (Fsp3) is 0.556. The van der Waals surface area contributed by atoms with Crippen molar-refractivity contribution in [2.75, 3.05) is 25.6 Å². The number of nitrogens with zero attached hydrogens (tertiary/aromatic N) is 3. The highest BCUT2D eigenvalue weighted by Gasteiger charge is 2.22. The van der Waals surface area contributed by atoms with Crippen molar-refractivity contribution in [2.24, 2.45) is 0 Å². The van der Waals surface area contributed by atoms with Gasteiger partial charge in [0.25, 0.3) is 0 Å². The quantitative estimate of drug-likeness (QED) is 0.758. The van der Waals surface area contributed by atoms with Gasteiger partial charge in [-0.05, 0) is 6.26 Å². The summed E-state index contributed by atoms with van der Waals surface area (Å²) in [4.78, 5) is 10.5. The Labute approximate surface area is 110 Å². The first kappa shape index (κ1) is 15.0. The van der Waals surface area contributed by atoms with E-state index in [0.29, 0.717) is 12.3 Å². The van der Waals surface area contributed by atoms with E-state index in [1.807, 2.05) is 6.26 Å². The second-order valence-corrected chi connectivity index (χ2v) is 6.62. The largest absolute Gasteiger partial charge is 0.480 e. The number of aromatic nitrogens is 2. The number of hydrogen-bond acceptors (Lipinski definition) is 5. The molecule has 0 unspecified atom stereocenters. The highest BCUT2D eigenvalue weighted by atomic mass is 32.2. The second kappa shape index (κ2) is 6.21. The summed E-state index contributed by atoms with van der Waals surface area (Å²) in [5.41, 5.74) is 0. The van der Waals surface area contributed by atoms with Crippen molar-refractivity contribution in [1.29, 1.82) is 0 Å². The van der Waals surface area contributed by atoms with Crippen molar-refractivity contribution in [3.8, 4) is 0 Å². The minimum atomic E-state index is -3.58. The lowest BCUT2D eigenvalue weighted by Gasteiger charge is -2.14. The third kappa shape index (κ3) is 3.72. The molecular weight excluding hydrogens is 278 g/mol. The maximum absolute atomic E-state index is 12.1. The number of carbonyl (C=O) groups is 1. The van der Waals surface area contributed by atoms with Crippen LogP contribution in [0.2, 0.25) is 0 Å². The second-order valence-electron chi connectivity index (χ2n) is 3.59. The van der Waals surface area contributed by atoms with Crippen LogP contribution in [0.5, 0.6) is 0 Å². The van der Waals surface area contributed by atoms with E-state index in [2.05, 4.69) is 5.10 Å². The van der Waals surface area contributed by atoms with E-state index >= 15 is 0 Å². The van der Waals surface area contributed by atoms with Gasteiger partial charge in [-0.25, -0.2) is 12.7 Å². The standard InChI is InChI=1S/C9H15N3O4S2/c1-11(3-4-17-2)18(15,16)8-5-10-12(6-8)7-9(13)14/h5-6H,3-4,7H2,1-2H3,(H,13,14). The fourth-order valence-electron chi connectivity index (χ4n) is 1.22. The molecule has 0 aromatic carbocycles. The number of thioether (sulfide) groups is 1. The van der Waals surface area contributed by atoms with Gasteiger partial charge in [-0.15, -0.1) is 0 Å². The van der Waals surface area contributed by atoms with Gasteiger partial charge < -0.3 is 5.11 Å². The van der Waals surface area contributed by atoms with Crippen molar-refractivity contribution < 1.29 is 18.3 Å². The molecule has 1 N–H and O–H groups in total. The normalized spacial score (nSPS) is 11.9. The van der Waals surface area contributed by atoms with Gasteiger partial charge in [-0.3, -0.25) is 9.48 Å². The molecule has 9 heteroatoms. The van der Waals surface area contributed by atoms with E-state index in [1.54, 1.807) is 11.8 Å². The third-order valence-corrected chi connectivity index (χ3v) is 4.63. The monoisotopic (exact) mass is 293 g/mol. The molecule has 7 nitrogen and oxygen atoms in total. The number of carboxylic acid groups (broad SMARTS) is 1. The molecule has 1 aromatic rings. The van der Waals surface area contributed by atoms with Gasteiger partial charge in [0.15, 0.2) is 0 Å². The third-order valence-electron chi connectivity index (χ3n) is 2.23. The van der Waals surface area contributed by atoms with E-state index in [1.165, 1.54) is 17.5 Å². The van der Waals surface area contributed by atoms with Crippen LogP contribution in [0.15, 0.2) is 17.3 Å². The highest BCUT2D eigenvalue weighted by Crippen LogP contribution is 2.13. The number of sulfonamides is 1. The predicted octanol–water partition coefficient (Wildman–Crippen LogP) is -0.0488. The first-order valence-corrected chi connectivity index (χ1v) is 7.91. The Bertz CT molecular complexity index is 512. The Hall–Kier alpha value is -1.06. The summed E-state index contributed by atoms with van der Waals surface area (Å²) in [5, 5.41) is 12.3. The molecule has 0 bridgehead atoms. The molecular formula is C9H15N3O4S2. The van der Waals surface area contributed by atoms with Crippen LogP contribution in [0.25, 0.3) is 0 Å². The van der Waals surface area contributed by atoms with Crippen LogP contribution in [0, 0.1) is 0 Å². The first-order chi connectivity index (χ1) is 8.37. The van der Waals surface area contributed by atoms with Crippen molar-refractivity contribution >= 4 is 27.8 Å². The summed E-state index contributed by atoms with van der Waals surface area (Å²) >= 11 is 1.55. The number of rotatable bonds is 7. The molecule has 0 radical (unpaired) electrons. The Balaban J connectivity index is 2.84. The zero-order valence-electron chi connectivity index (χ0n) is 10.1. The topological polar surface area (TPSA) is 92.5 Å². The van der Waals surface area contributed by atoms with Gasteiger partial charge in [-0.1, -0.05) is 0 Å². The molecule has 0 aliphatic heterocycles. The van der Waals surface area contributed by atoms with E-state index < -0.39 is 16.0 Å². The van der Waals surface area contributed by atoms with Gasteiger partial charge in [0.1, 0.15) is 11.4 Å². The van der Waals surface area contributed by atoms with E-state index in [-0.39, 0.29) is 11.4 Å². The Morgan fingerprint density at radius 3 is 2.83 bits per heavy atom. The average molecular weight is 293 g/mol. The lowest BCUT2D eigenvalue weighted by atomic mass is 10.6. The predicted molar refractivity (Wildman–Crippen MR) is 68.1 cm³/mol. The number of aliphatic carboxylic acids is 1. The molecule has 1 aromatic heterocycles. The highest BCUT2D eigenvalue weighted by molar-refractivity contribution is 7.98. The zero-order chi connectivity index (χ0) is 13.8. The molecule has 0 saturated carbocycles. The van der Waals surface area contributed by atoms with Gasteiger partial charge >= 0.3 is 5.97 Å². The van der Waals surface area contributed by atoms with Crippen LogP contribution in [0.4, 0.5) is 0 Å². The zero-order valence-corrected chi connectivity index (χ0v) is 11.7. The summed E-state index contributed by atoms with van der Waals surface area (Å²) in [6, 6.07) is 0. The van der Waals surface area contributed by atoms with Gasteiger partial charge in [0, 0.05) is 25.5 Å². The lowest BCUT2D eigenvalue weighted by Crippen LogP contribution is -2.28. The van der Waals surface area contributed by atoms with Crippen molar-refractivity contribution in [3.05, 3.63) is 12.4 Å². The van der Waals surface area contributed by atoms with Crippen LogP contribution in [-0.4, -0.2) is 59.2 Å². The van der Waals surface area contributed by atoms with E-state index in [9.17, 15) is 13.2 Å². The van der Waals surface area contributed by atoms with Gasteiger partial charge in [0.2, 0.25) is 10.0 Å². The molecule has 18 heavy (non-hydrogen) atoms. The Morgan fingerprint density at radius 1 is 1.61 bits per heavy atom. The summed E-state index contributed by atoms with van der Waals surface area (Å²) in [7, 11) is -2.10. The molecule has 0 amide bonds. The summed E-state index contributed by atoms with van der Waals surface area (Å²) in [6.45, 7) is 0.0393. The maximum atomic E-state index is 12.1. The molecule has 0 aliphatic rings. The van der Waals surface area contributed by atoms with Gasteiger partial charge in [0.05, 0.1) is 6.20 Å². The van der Waals surface area contributed by atoms with Crippen LogP contribution < -0.4 is 0 Å². The molecule has 0 aliphatic carbocycles. The van der Waals surface area contributed by atoms with Crippen LogP contribution in [0.1, 0.15) is 0 Å². The lowest BCUT2D eigenvalue weighted by molar-refractivity contribution is -0.137. The molecule has 0 atom stereocenters. The minimum Gasteiger partial charge on any atom is -0.480 e. The fourth-order valence-corrected chi connectivity index (χ4v) is 2.92. The molecule has 0 spiro atoms. The maximum Gasteiger partial charge on any atom is 0.325 e. The molecule has 1 heterocycles. The van der Waals surface area contributed by atoms with E-state index in [0.717, 1.165) is 10.9 Å². The molecule has 102 valence electrons. The van der Waals surface area contributed by atoms with Crippen molar-refractivity contribution in [3.63, 3.8) is 0 Å². The van der Waals surface area contributed by atoms with Crippen LogP contribution in [-0.2, 0) is 21.4 Å². The Morgan fingerprint density at radius 2 is 2.28 bits per heavy atom. The minimum absolute atomic E-state index is 0.00681. The van der Waals surface area contributed by atoms with Crippen LogP contribution >= 0.6 is 11.8 Å². The molecule has 1 rings (SSSR count). The Kier molecular flexibility index (Phi) is 5.17.